The number of aromatic nitrogens is 4. The topological polar surface area (TPSA) is 115 Å². The molecular formula is C36H18N4O4. The SMILES string of the molecule is O=c1c2cc(O)c3c4ccc5c6c(cc(O)c(c7ccc(c2c73)c2[nH]c3ccccc3n12)c46)c(=O)n1c2ccccc2[nH]c51. The summed E-state index contributed by atoms with van der Waals surface area (Å²) >= 11 is 0. The molecule has 0 aliphatic heterocycles. The largest absolute Gasteiger partial charge is 0.507 e. The number of fused-ring (bicyclic) bond motifs is 10. The van der Waals surface area contributed by atoms with Gasteiger partial charge in [0, 0.05) is 43.1 Å². The van der Waals surface area contributed by atoms with Crippen LogP contribution in [-0.4, -0.2) is 29.0 Å². The summed E-state index contributed by atoms with van der Waals surface area (Å²) in [6.45, 7) is 0. The standard InChI is InChI=1S/C36H18N4O4/c41-25-13-19-27-17(33-37-21-5-1-3-7-23(21)39(33)35(19)43)11-9-15-30-26(42)14-20-28-18(12-10-16(32(28)30)29(25)31(15)27)34-38-22-6-2-4-8-24(22)40(34)36(20)44/h1-14,37-38,41-42H. The zero-order valence-corrected chi connectivity index (χ0v) is 22.7. The van der Waals surface area contributed by atoms with Gasteiger partial charge in [-0.1, -0.05) is 48.5 Å². The van der Waals surface area contributed by atoms with Gasteiger partial charge in [0.1, 0.15) is 22.8 Å². The quantitative estimate of drug-likeness (QED) is 0.115. The Labute approximate surface area is 243 Å². The van der Waals surface area contributed by atoms with Gasteiger partial charge in [-0.15, -0.1) is 0 Å². The monoisotopic (exact) mass is 570 g/mol. The molecule has 0 unspecified atom stereocenters. The number of aromatic amines is 2. The van der Waals surface area contributed by atoms with Crippen LogP contribution in [0.4, 0.5) is 0 Å². The molecule has 11 aromatic rings. The summed E-state index contributed by atoms with van der Waals surface area (Å²) in [6, 6.07) is 26.2. The molecule has 4 N–H and O–H groups in total. The first kappa shape index (κ1) is 22.3. The number of benzene rings is 7. The number of hydrogen-bond donors (Lipinski definition) is 4. The van der Waals surface area contributed by atoms with Gasteiger partial charge in [-0.25, -0.2) is 0 Å². The van der Waals surface area contributed by atoms with Crippen molar-refractivity contribution in [2.45, 2.75) is 0 Å². The molecule has 0 aliphatic rings. The van der Waals surface area contributed by atoms with Crippen molar-refractivity contribution in [3.63, 3.8) is 0 Å². The molecule has 0 fully saturated rings. The summed E-state index contributed by atoms with van der Waals surface area (Å²) in [5.41, 5.74) is 4.04. The smallest absolute Gasteiger partial charge is 0.264 e. The third-order valence-electron chi connectivity index (χ3n) is 9.68. The predicted molar refractivity (Wildman–Crippen MR) is 175 cm³/mol. The molecule has 0 saturated carbocycles. The number of phenolic OH excluding ortho intramolecular Hbond substituents is 2. The van der Waals surface area contributed by atoms with Crippen molar-refractivity contribution in [1.29, 1.82) is 0 Å². The average molecular weight is 571 g/mol. The summed E-state index contributed by atoms with van der Waals surface area (Å²) in [7, 11) is 0. The minimum Gasteiger partial charge on any atom is -0.507 e. The number of phenols is 2. The van der Waals surface area contributed by atoms with Gasteiger partial charge >= 0.3 is 0 Å². The van der Waals surface area contributed by atoms with Gasteiger partial charge in [-0.05, 0) is 47.2 Å². The molecule has 0 spiro atoms. The number of hydrogen-bond acceptors (Lipinski definition) is 4. The van der Waals surface area contributed by atoms with Crippen LogP contribution in [-0.2, 0) is 0 Å². The van der Waals surface area contributed by atoms with Gasteiger partial charge in [0.05, 0.1) is 32.8 Å². The molecule has 0 saturated heterocycles. The molecule has 0 bridgehead atoms. The molecule has 11 rings (SSSR count). The highest BCUT2D eigenvalue weighted by molar-refractivity contribution is 6.42. The van der Waals surface area contributed by atoms with Gasteiger partial charge < -0.3 is 20.2 Å². The second-order valence-corrected chi connectivity index (χ2v) is 11.7. The summed E-state index contributed by atoms with van der Waals surface area (Å²) in [6.07, 6.45) is 0. The number of aromatic hydroxyl groups is 2. The molecule has 0 radical (unpaired) electrons. The lowest BCUT2D eigenvalue weighted by Gasteiger charge is -2.20. The molecular weight excluding hydrogens is 552 g/mol. The van der Waals surface area contributed by atoms with Crippen LogP contribution in [0.3, 0.4) is 0 Å². The van der Waals surface area contributed by atoms with E-state index in [2.05, 4.69) is 9.97 Å². The third-order valence-corrected chi connectivity index (χ3v) is 9.68. The second kappa shape index (κ2) is 7.02. The number of rotatable bonds is 0. The van der Waals surface area contributed by atoms with Gasteiger partial charge in [0.25, 0.3) is 11.1 Å². The Bertz CT molecular complexity index is 3010. The van der Waals surface area contributed by atoms with E-state index in [1.54, 1.807) is 20.9 Å². The van der Waals surface area contributed by atoms with E-state index in [0.717, 1.165) is 43.6 Å². The van der Waals surface area contributed by atoms with Crippen molar-refractivity contribution in [2.75, 3.05) is 0 Å². The van der Waals surface area contributed by atoms with Crippen molar-refractivity contribution in [3.05, 3.63) is 106 Å². The zero-order valence-electron chi connectivity index (χ0n) is 22.7. The van der Waals surface area contributed by atoms with E-state index in [-0.39, 0.29) is 22.6 Å². The Kier molecular flexibility index (Phi) is 3.56. The Morgan fingerprint density at radius 3 is 1.32 bits per heavy atom. The lowest BCUT2D eigenvalue weighted by molar-refractivity contribution is 0.481. The lowest BCUT2D eigenvalue weighted by Crippen LogP contribution is -2.14. The van der Waals surface area contributed by atoms with Crippen LogP contribution in [0.1, 0.15) is 0 Å². The number of nitrogens with one attached hydrogen (secondary N) is 2. The van der Waals surface area contributed by atoms with Gasteiger partial charge in [0.15, 0.2) is 0 Å². The van der Waals surface area contributed by atoms with Crippen LogP contribution < -0.4 is 11.1 Å². The summed E-state index contributed by atoms with van der Waals surface area (Å²) in [5, 5.41) is 31.2. The van der Waals surface area contributed by atoms with E-state index in [9.17, 15) is 19.8 Å². The molecule has 8 nitrogen and oxygen atoms in total. The first-order valence-corrected chi connectivity index (χ1v) is 14.3. The predicted octanol–water partition coefficient (Wildman–Crippen LogP) is 7.08. The molecule has 8 heteroatoms. The number of nitrogens with zero attached hydrogens (tertiary/aromatic N) is 2. The average Bonchev–Trinajstić information content (AvgIpc) is 3.62. The first-order valence-electron chi connectivity index (χ1n) is 14.3. The fraction of sp³-hybridized carbons (Fsp3) is 0. The second-order valence-electron chi connectivity index (χ2n) is 11.7. The molecule has 206 valence electrons. The fourth-order valence-corrected chi connectivity index (χ4v) is 7.99. The van der Waals surface area contributed by atoms with E-state index < -0.39 is 0 Å². The first-order chi connectivity index (χ1) is 21.5. The minimum atomic E-state index is -0.238. The number of pyridine rings is 2. The van der Waals surface area contributed by atoms with E-state index in [1.165, 1.54) is 0 Å². The van der Waals surface area contributed by atoms with Gasteiger partial charge in [0.2, 0.25) is 0 Å². The van der Waals surface area contributed by atoms with Crippen LogP contribution in [0.2, 0.25) is 0 Å². The Balaban J connectivity index is 1.44. The summed E-state index contributed by atoms with van der Waals surface area (Å²) < 4.78 is 3.32. The molecule has 0 aliphatic carbocycles. The highest BCUT2D eigenvalue weighted by Gasteiger charge is 2.26. The molecule has 4 heterocycles. The molecule has 7 aromatic carbocycles. The van der Waals surface area contributed by atoms with Crippen molar-refractivity contribution < 1.29 is 10.2 Å². The van der Waals surface area contributed by atoms with Crippen LogP contribution in [0.5, 0.6) is 11.5 Å². The Hall–Kier alpha value is -6.28. The van der Waals surface area contributed by atoms with Gasteiger partial charge in [-0.3, -0.25) is 18.4 Å². The molecule has 0 atom stereocenters. The zero-order chi connectivity index (χ0) is 29.2. The minimum absolute atomic E-state index is 0.0307. The number of para-hydroxylation sites is 4. The maximum Gasteiger partial charge on any atom is 0.264 e. The third kappa shape index (κ3) is 2.27. The Morgan fingerprint density at radius 2 is 0.864 bits per heavy atom. The van der Waals surface area contributed by atoms with Crippen LogP contribution in [0.15, 0.2) is 94.5 Å². The molecule has 44 heavy (non-hydrogen) atoms. The van der Waals surface area contributed by atoms with Crippen LogP contribution in [0.25, 0.3) is 98.0 Å². The molecule has 0 amide bonds. The van der Waals surface area contributed by atoms with Crippen molar-refractivity contribution >= 4 is 98.0 Å². The van der Waals surface area contributed by atoms with Crippen LogP contribution in [0, 0.1) is 0 Å². The molecule has 4 aromatic heterocycles. The highest BCUT2D eigenvalue weighted by Crippen LogP contribution is 2.50. The van der Waals surface area contributed by atoms with Gasteiger partial charge in [-0.2, -0.15) is 0 Å². The number of H-pyrrole nitrogens is 2. The summed E-state index contributed by atoms with van der Waals surface area (Å²) in [4.78, 5) is 35.0. The Morgan fingerprint density at radius 1 is 0.455 bits per heavy atom. The van der Waals surface area contributed by atoms with E-state index in [0.29, 0.717) is 54.4 Å². The normalized spacial score (nSPS) is 12.9. The van der Waals surface area contributed by atoms with Crippen molar-refractivity contribution in [1.82, 2.24) is 18.8 Å². The summed E-state index contributed by atoms with van der Waals surface area (Å²) in [5.74, 6) is -0.0615. The van der Waals surface area contributed by atoms with Crippen LogP contribution >= 0.6 is 0 Å². The van der Waals surface area contributed by atoms with E-state index in [1.807, 2.05) is 72.8 Å². The van der Waals surface area contributed by atoms with E-state index >= 15 is 0 Å². The maximum absolute atomic E-state index is 14.1. The van der Waals surface area contributed by atoms with Crippen molar-refractivity contribution in [3.8, 4) is 11.5 Å². The number of imidazole rings is 2. The van der Waals surface area contributed by atoms with Crippen molar-refractivity contribution in [2.24, 2.45) is 0 Å². The van der Waals surface area contributed by atoms with E-state index in [4.69, 9.17) is 0 Å². The fourth-order valence-electron chi connectivity index (χ4n) is 7.99. The lowest BCUT2D eigenvalue weighted by atomic mass is 9.85. The highest BCUT2D eigenvalue weighted by atomic mass is 16.3. The maximum atomic E-state index is 14.1.